The fourth-order valence-corrected chi connectivity index (χ4v) is 2.47. The van der Waals surface area contributed by atoms with E-state index in [9.17, 15) is 0 Å². The van der Waals surface area contributed by atoms with Gasteiger partial charge in [0.1, 0.15) is 0 Å². The summed E-state index contributed by atoms with van der Waals surface area (Å²) in [6.07, 6.45) is 3.21. The Hall–Kier alpha value is -1.32. The molecule has 1 heterocycles. The van der Waals surface area contributed by atoms with Crippen molar-refractivity contribution in [1.29, 1.82) is 0 Å². The van der Waals surface area contributed by atoms with E-state index in [1.54, 1.807) is 0 Å². The van der Waals surface area contributed by atoms with Gasteiger partial charge in [-0.15, -0.1) is 0 Å². The predicted octanol–water partition coefficient (Wildman–Crippen LogP) is 4.03. The molecule has 0 radical (unpaired) electrons. The van der Waals surface area contributed by atoms with E-state index in [1.165, 1.54) is 0 Å². The van der Waals surface area contributed by atoms with Crippen LogP contribution in [0.15, 0.2) is 24.4 Å². The Morgan fingerprint density at radius 3 is 2.70 bits per heavy atom. The van der Waals surface area contributed by atoms with E-state index in [4.69, 9.17) is 11.6 Å². The van der Waals surface area contributed by atoms with Gasteiger partial charge in [0.25, 0.3) is 0 Å². The maximum absolute atomic E-state index is 6.38. The largest absolute Gasteiger partial charge is 0.313 e. The first kappa shape index (κ1) is 15.1. The highest BCUT2D eigenvalue weighted by Gasteiger charge is 2.09. The van der Waals surface area contributed by atoms with Gasteiger partial charge < -0.3 is 5.32 Å². The number of hydrogen-bond acceptors (Lipinski definition) is 2. The first-order valence-corrected chi connectivity index (χ1v) is 7.57. The number of nitrogens with zero attached hydrogens (tertiary/aromatic N) is 2. The molecular weight excluding hydrogens is 270 g/mol. The van der Waals surface area contributed by atoms with Gasteiger partial charge >= 0.3 is 0 Å². The third-order valence-corrected chi connectivity index (χ3v) is 3.73. The molecule has 0 fully saturated rings. The van der Waals surface area contributed by atoms with Crippen molar-refractivity contribution in [1.82, 2.24) is 15.1 Å². The van der Waals surface area contributed by atoms with Gasteiger partial charge in [-0.25, -0.2) is 0 Å². The molecule has 0 aliphatic carbocycles. The third kappa shape index (κ3) is 3.41. The number of halogens is 1. The molecule has 20 heavy (non-hydrogen) atoms. The summed E-state index contributed by atoms with van der Waals surface area (Å²) in [7, 11) is 0. The van der Waals surface area contributed by atoms with E-state index >= 15 is 0 Å². The molecule has 4 heteroatoms. The molecule has 0 bridgehead atoms. The number of hydrogen-bond donors (Lipinski definition) is 1. The highest BCUT2D eigenvalue weighted by molar-refractivity contribution is 6.31. The van der Waals surface area contributed by atoms with Crippen LogP contribution in [0, 0.1) is 6.92 Å². The molecule has 1 aromatic heterocycles. The highest BCUT2D eigenvalue weighted by atomic mass is 35.5. The minimum absolute atomic E-state index is 0.815. The fraction of sp³-hybridized carbons (Fsp3) is 0.438. The lowest BCUT2D eigenvalue weighted by Crippen LogP contribution is -2.13. The summed E-state index contributed by atoms with van der Waals surface area (Å²) in [5.74, 6) is 0. The Kier molecular flexibility index (Phi) is 5.21. The monoisotopic (exact) mass is 291 g/mol. The van der Waals surface area contributed by atoms with E-state index in [1.807, 2.05) is 17.7 Å². The minimum atomic E-state index is 0.815. The van der Waals surface area contributed by atoms with Crippen molar-refractivity contribution in [2.45, 2.75) is 40.3 Å². The van der Waals surface area contributed by atoms with E-state index in [2.05, 4.69) is 42.6 Å². The van der Waals surface area contributed by atoms with Crippen LogP contribution in [0.25, 0.3) is 11.1 Å². The molecule has 0 atom stereocenters. The van der Waals surface area contributed by atoms with Crippen molar-refractivity contribution < 1.29 is 0 Å². The second-order valence-electron chi connectivity index (χ2n) is 4.97. The average molecular weight is 292 g/mol. The SMILES string of the molecule is CCCNCc1ccc(-c2cn(CC)nc2C)cc1Cl. The number of aryl methyl sites for hydroxylation is 2. The van der Waals surface area contributed by atoms with Crippen LogP contribution in [-0.4, -0.2) is 16.3 Å². The molecule has 0 spiro atoms. The summed E-state index contributed by atoms with van der Waals surface area (Å²) in [5.41, 5.74) is 4.47. The smallest absolute Gasteiger partial charge is 0.0672 e. The van der Waals surface area contributed by atoms with Crippen LogP contribution in [0.3, 0.4) is 0 Å². The Morgan fingerprint density at radius 2 is 2.10 bits per heavy atom. The van der Waals surface area contributed by atoms with Gasteiger partial charge in [0.15, 0.2) is 0 Å². The van der Waals surface area contributed by atoms with E-state index in [-0.39, 0.29) is 0 Å². The quantitative estimate of drug-likeness (QED) is 0.814. The van der Waals surface area contributed by atoms with Crippen LogP contribution in [0.5, 0.6) is 0 Å². The summed E-state index contributed by atoms with van der Waals surface area (Å²) in [5, 5.41) is 8.67. The summed E-state index contributed by atoms with van der Waals surface area (Å²) in [6, 6.07) is 6.26. The van der Waals surface area contributed by atoms with Crippen molar-refractivity contribution in [2.75, 3.05) is 6.54 Å². The molecule has 0 aliphatic heterocycles. The number of benzene rings is 1. The lowest BCUT2D eigenvalue weighted by Gasteiger charge is -2.08. The molecular formula is C16H22ClN3. The topological polar surface area (TPSA) is 29.9 Å². The lowest BCUT2D eigenvalue weighted by molar-refractivity contribution is 0.653. The molecule has 0 saturated carbocycles. The van der Waals surface area contributed by atoms with E-state index < -0.39 is 0 Å². The summed E-state index contributed by atoms with van der Waals surface area (Å²) in [4.78, 5) is 0. The molecule has 0 saturated heterocycles. The molecule has 2 aromatic rings. The van der Waals surface area contributed by atoms with Crippen LogP contribution >= 0.6 is 11.6 Å². The second-order valence-corrected chi connectivity index (χ2v) is 5.37. The van der Waals surface area contributed by atoms with Gasteiger partial charge in [-0.05, 0) is 44.0 Å². The average Bonchev–Trinajstić information content (AvgIpc) is 2.82. The van der Waals surface area contributed by atoms with Gasteiger partial charge in [0.05, 0.1) is 5.69 Å². The Labute approximate surface area is 126 Å². The van der Waals surface area contributed by atoms with Crippen LogP contribution in [0.4, 0.5) is 0 Å². The number of aromatic nitrogens is 2. The molecule has 1 N–H and O–H groups in total. The van der Waals surface area contributed by atoms with Crippen molar-refractivity contribution in [2.24, 2.45) is 0 Å². The van der Waals surface area contributed by atoms with Gasteiger partial charge in [0.2, 0.25) is 0 Å². The van der Waals surface area contributed by atoms with E-state index in [0.29, 0.717) is 0 Å². The normalized spacial score (nSPS) is 11.0. The molecule has 0 aliphatic rings. The van der Waals surface area contributed by atoms with Crippen LogP contribution in [0.1, 0.15) is 31.5 Å². The van der Waals surface area contributed by atoms with E-state index in [0.717, 1.165) is 53.5 Å². The Bertz CT molecular complexity index is 575. The fourth-order valence-electron chi connectivity index (χ4n) is 2.22. The molecule has 3 nitrogen and oxygen atoms in total. The van der Waals surface area contributed by atoms with Gasteiger partial charge in [-0.1, -0.05) is 30.7 Å². The first-order chi connectivity index (χ1) is 9.65. The Balaban J connectivity index is 2.21. The molecule has 0 amide bonds. The lowest BCUT2D eigenvalue weighted by atomic mass is 10.0. The minimum Gasteiger partial charge on any atom is -0.313 e. The third-order valence-electron chi connectivity index (χ3n) is 3.38. The van der Waals surface area contributed by atoms with Crippen LogP contribution in [-0.2, 0) is 13.1 Å². The van der Waals surface area contributed by atoms with Crippen molar-refractivity contribution >= 4 is 11.6 Å². The second kappa shape index (κ2) is 6.91. The molecule has 0 unspecified atom stereocenters. The summed E-state index contributed by atoms with van der Waals surface area (Å²) in [6.45, 7) is 9.00. The molecule has 2 rings (SSSR count). The van der Waals surface area contributed by atoms with Gasteiger partial charge in [-0.2, -0.15) is 5.10 Å². The summed E-state index contributed by atoms with van der Waals surface area (Å²) >= 11 is 6.38. The number of nitrogens with one attached hydrogen (secondary N) is 1. The zero-order valence-electron chi connectivity index (χ0n) is 12.4. The van der Waals surface area contributed by atoms with Crippen molar-refractivity contribution in [3.8, 4) is 11.1 Å². The zero-order chi connectivity index (χ0) is 14.5. The summed E-state index contributed by atoms with van der Waals surface area (Å²) < 4.78 is 1.95. The number of rotatable bonds is 6. The molecule has 108 valence electrons. The predicted molar refractivity (Wildman–Crippen MR) is 85.1 cm³/mol. The maximum Gasteiger partial charge on any atom is 0.0672 e. The van der Waals surface area contributed by atoms with Crippen LogP contribution in [0.2, 0.25) is 5.02 Å². The van der Waals surface area contributed by atoms with Gasteiger partial charge in [-0.3, -0.25) is 4.68 Å². The molecule has 1 aromatic carbocycles. The van der Waals surface area contributed by atoms with Gasteiger partial charge in [0, 0.05) is 29.9 Å². The van der Waals surface area contributed by atoms with Crippen molar-refractivity contribution in [3.05, 3.63) is 40.7 Å². The highest BCUT2D eigenvalue weighted by Crippen LogP contribution is 2.27. The first-order valence-electron chi connectivity index (χ1n) is 7.19. The standard InChI is InChI=1S/C16H22ClN3/c1-4-8-18-10-14-7-6-13(9-16(14)17)15-11-20(5-2)19-12(15)3/h6-7,9,11,18H,4-5,8,10H2,1-3H3. The van der Waals surface area contributed by atoms with Crippen LogP contribution < -0.4 is 5.32 Å². The maximum atomic E-state index is 6.38. The zero-order valence-corrected chi connectivity index (χ0v) is 13.2. The Morgan fingerprint density at radius 1 is 1.30 bits per heavy atom. The van der Waals surface area contributed by atoms with Crippen molar-refractivity contribution in [3.63, 3.8) is 0 Å².